The summed E-state index contributed by atoms with van der Waals surface area (Å²) in [4.78, 5) is 10.3. The van der Waals surface area contributed by atoms with Crippen LogP contribution in [0.5, 0.6) is 0 Å². The molecule has 0 aliphatic carbocycles. The predicted octanol–water partition coefficient (Wildman–Crippen LogP) is 12.8. The van der Waals surface area contributed by atoms with E-state index in [0.29, 0.717) is 0 Å². The number of nitrogens with zero attached hydrogens (tertiary/aromatic N) is 2. The van der Waals surface area contributed by atoms with Crippen molar-refractivity contribution < 1.29 is 0 Å². The van der Waals surface area contributed by atoms with Gasteiger partial charge in [0, 0.05) is 0 Å². The lowest BCUT2D eigenvalue weighted by molar-refractivity contribution is 0.716. The summed E-state index contributed by atoms with van der Waals surface area (Å²) in [6, 6.07) is 14.0. The summed E-state index contributed by atoms with van der Waals surface area (Å²) in [5, 5.41) is 0. The zero-order chi connectivity index (χ0) is 31.8. The van der Waals surface area contributed by atoms with Crippen molar-refractivity contribution in [2.45, 2.75) is 127 Å². The predicted molar refractivity (Wildman–Crippen MR) is 194 cm³/mol. The second-order valence-corrected chi connectivity index (χ2v) is 13.1. The Morgan fingerprint density at radius 3 is 1.09 bits per heavy atom. The Morgan fingerprint density at radius 2 is 0.791 bits per heavy atom. The average molecular weight is 579 g/mol. The van der Waals surface area contributed by atoms with Crippen molar-refractivity contribution in [1.29, 1.82) is 0 Å². The lowest BCUT2D eigenvalue weighted by Crippen LogP contribution is -1.96. The molecular weight excluding hydrogens is 520 g/mol. The highest BCUT2D eigenvalue weighted by Gasteiger charge is 2.08. The molecule has 2 aromatic carbocycles. The smallest absolute Gasteiger partial charge is 0.0642 e. The first kappa shape index (κ1) is 35.9. The summed E-state index contributed by atoms with van der Waals surface area (Å²) in [5.74, 6) is 0. The lowest BCUT2D eigenvalue weighted by Gasteiger charge is -2.12. The zero-order valence-corrected chi connectivity index (χ0v) is 29.0. The van der Waals surface area contributed by atoms with E-state index < -0.39 is 0 Å². The van der Waals surface area contributed by atoms with E-state index >= 15 is 0 Å². The van der Waals surface area contributed by atoms with E-state index in [-0.39, 0.29) is 0 Å². The van der Waals surface area contributed by atoms with Crippen molar-refractivity contribution in [2.75, 3.05) is 0 Å². The van der Waals surface area contributed by atoms with Crippen LogP contribution in [0.25, 0.3) is 0 Å². The molecule has 0 aromatic heterocycles. The van der Waals surface area contributed by atoms with Gasteiger partial charge in [-0.25, -0.2) is 9.98 Å². The molecule has 0 saturated heterocycles. The Labute approximate surface area is 264 Å². The molecule has 0 aliphatic rings. The van der Waals surface area contributed by atoms with Crippen LogP contribution in [0.3, 0.4) is 0 Å². The number of allylic oxidation sites excluding steroid dienone is 8. The van der Waals surface area contributed by atoms with Crippen LogP contribution in [0.4, 0.5) is 11.4 Å². The standard InChI is InChI=1S/C41H58N2/c1-11-13-15-17-34-23-36(28-40(26-34)42-38(19-30(3)4)20-31(5)6)25-37-24-35(18-16-14-12-2)27-41(29-37)43-39(21-32(7)8)22-33(9)10/h19-24,26-29H,11-18,25H2,1-10H3. The van der Waals surface area contributed by atoms with Gasteiger partial charge in [-0.15, -0.1) is 0 Å². The molecule has 0 heterocycles. The monoisotopic (exact) mass is 578 g/mol. The molecule has 43 heavy (non-hydrogen) atoms. The molecule has 0 fully saturated rings. The number of unbranched alkanes of at least 4 members (excludes halogenated alkanes) is 4. The molecule has 0 radical (unpaired) electrons. The first-order valence-electron chi connectivity index (χ1n) is 16.5. The SMILES string of the molecule is CCCCCc1cc(Cc2cc(CCCCC)cc(N=C(C=C(C)C)C=C(C)C)c2)cc(N=C(C=C(C)C)C=C(C)C)c1. The van der Waals surface area contributed by atoms with Gasteiger partial charge in [-0.1, -0.05) is 74.0 Å². The molecule has 0 amide bonds. The van der Waals surface area contributed by atoms with Crippen LogP contribution in [0, 0.1) is 0 Å². The van der Waals surface area contributed by atoms with Crippen LogP contribution in [0.15, 0.2) is 93.0 Å². The molecule has 2 nitrogen and oxygen atoms in total. The Kier molecular flexibility index (Phi) is 16.0. The van der Waals surface area contributed by atoms with Crippen molar-refractivity contribution in [3.05, 3.63) is 105 Å². The van der Waals surface area contributed by atoms with Gasteiger partial charge >= 0.3 is 0 Å². The first-order chi connectivity index (χ1) is 20.5. The normalized spacial score (nSPS) is 10.5. The van der Waals surface area contributed by atoms with Gasteiger partial charge in [0.25, 0.3) is 0 Å². The Balaban J connectivity index is 2.64. The van der Waals surface area contributed by atoms with Crippen LogP contribution < -0.4 is 0 Å². The Bertz CT molecular complexity index is 1210. The van der Waals surface area contributed by atoms with Crippen molar-refractivity contribution in [3.8, 4) is 0 Å². The van der Waals surface area contributed by atoms with Crippen LogP contribution >= 0.6 is 0 Å². The number of rotatable bonds is 16. The third-order valence-corrected chi connectivity index (χ3v) is 6.88. The van der Waals surface area contributed by atoms with Crippen LogP contribution in [-0.4, -0.2) is 11.4 Å². The van der Waals surface area contributed by atoms with Crippen molar-refractivity contribution in [3.63, 3.8) is 0 Å². The maximum atomic E-state index is 5.14. The molecule has 0 aliphatic heterocycles. The van der Waals surface area contributed by atoms with Crippen molar-refractivity contribution >= 4 is 22.8 Å². The second-order valence-electron chi connectivity index (χ2n) is 13.1. The molecule has 0 N–H and O–H groups in total. The topological polar surface area (TPSA) is 24.7 Å². The maximum absolute atomic E-state index is 5.14. The third-order valence-electron chi connectivity index (χ3n) is 6.88. The summed E-state index contributed by atoms with van der Waals surface area (Å²) in [7, 11) is 0. The molecule has 0 spiro atoms. The number of benzene rings is 2. The van der Waals surface area contributed by atoms with E-state index in [2.05, 4.69) is 130 Å². The zero-order valence-electron chi connectivity index (χ0n) is 29.0. The van der Waals surface area contributed by atoms with Gasteiger partial charge in [-0.2, -0.15) is 0 Å². The van der Waals surface area contributed by atoms with E-state index in [9.17, 15) is 0 Å². The van der Waals surface area contributed by atoms with Gasteiger partial charge in [0.15, 0.2) is 0 Å². The highest BCUT2D eigenvalue weighted by Crippen LogP contribution is 2.26. The minimum Gasteiger partial charge on any atom is -0.249 e. The molecule has 0 atom stereocenters. The van der Waals surface area contributed by atoms with Gasteiger partial charge < -0.3 is 0 Å². The van der Waals surface area contributed by atoms with Gasteiger partial charge in [0.2, 0.25) is 0 Å². The van der Waals surface area contributed by atoms with Gasteiger partial charge in [-0.05, 0) is 158 Å². The quantitative estimate of drug-likeness (QED) is 0.140. The second kappa shape index (κ2) is 19.1. The number of hydrogen-bond donors (Lipinski definition) is 0. The van der Waals surface area contributed by atoms with E-state index in [1.165, 1.54) is 83.1 Å². The summed E-state index contributed by atoms with van der Waals surface area (Å²) >= 11 is 0. The molecule has 0 saturated carbocycles. The van der Waals surface area contributed by atoms with E-state index in [1.54, 1.807) is 0 Å². The summed E-state index contributed by atoms with van der Waals surface area (Å²) in [6.07, 6.45) is 19.1. The molecule has 2 rings (SSSR count). The highest BCUT2D eigenvalue weighted by molar-refractivity contribution is 6.06. The fourth-order valence-corrected chi connectivity index (χ4v) is 5.20. The number of aryl methyl sites for hydroxylation is 2. The first-order valence-corrected chi connectivity index (χ1v) is 16.5. The van der Waals surface area contributed by atoms with Crippen LogP contribution in [0.2, 0.25) is 0 Å². The lowest BCUT2D eigenvalue weighted by atomic mass is 9.96. The van der Waals surface area contributed by atoms with Crippen molar-refractivity contribution in [2.24, 2.45) is 9.98 Å². The number of aliphatic imine (C=N–C) groups is 2. The number of hydrogen-bond acceptors (Lipinski definition) is 2. The largest absolute Gasteiger partial charge is 0.249 e. The highest BCUT2D eigenvalue weighted by atomic mass is 14.7. The van der Waals surface area contributed by atoms with E-state index in [1.807, 2.05) is 0 Å². The fourth-order valence-electron chi connectivity index (χ4n) is 5.20. The third kappa shape index (κ3) is 15.2. The summed E-state index contributed by atoms with van der Waals surface area (Å²) in [6.45, 7) is 21.6. The minimum atomic E-state index is 0.871. The minimum absolute atomic E-state index is 0.871. The molecule has 2 aromatic rings. The van der Waals surface area contributed by atoms with E-state index in [4.69, 9.17) is 9.98 Å². The Morgan fingerprint density at radius 1 is 0.465 bits per heavy atom. The summed E-state index contributed by atoms with van der Waals surface area (Å²) < 4.78 is 0. The van der Waals surface area contributed by atoms with E-state index in [0.717, 1.165) is 42.1 Å². The Hall–Kier alpha value is -3.26. The van der Waals surface area contributed by atoms with Gasteiger partial charge in [0.1, 0.15) is 0 Å². The molecule has 232 valence electrons. The van der Waals surface area contributed by atoms with Gasteiger partial charge in [-0.3, -0.25) is 0 Å². The average Bonchev–Trinajstić information content (AvgIpc) is 2.87. The van der Waals surface area contributed by atoms with Crippen LogP contribution in [-0.2, 0) is 19.3 Å². The molecule has 2 heteroatoms. The summed E-state index contributed by atoms with van der Waals surface area (Å²) in [5.41, 5.74) is 14.5. The van der Waals surface area contributed by atoms with Gasteiger partial charge in [0.05, 0.1) is 22.8 Å². The van der Waals surface area contributed by atoms with Crippen molar-refractivity contribution in [1.82, 2.24) is 0 Å². The fraction of sp³-hybridized carbons (Fsp3) is 0.463. The molecule has 0 unspecified atom stereocenters. The molecular formula is C41H58N2. The molecule has 0 bridgehead atoms. The van der Waals surface area contributed by atoms with Crippen LogP contribution in [0.1, 0.15) is 130 Å². The maximum Gasteiger partial charge on any atom is 0.0642 e.